The number of benzene rings is 1. The fourth-order valence-electron chi connectivity index (χ4n) is 2.84. The highest BCUT2D eigenvalue weighted by Crippen LogP contribution is 2.33. The lowest BCUT2D eigenvalue weighted by Crippen LogP contribution is -2.08. The number of nitrogens with two attached hydrogens (primary N) is 1. The summed E-state index contributed by atoms with van der Waals surface area (Å²) in [7, 11) is 1.35. The predicted molar refractivity (Wildman–Crippen MR) is 93.5 cm³/mol. The molecule has 5 nitrogen and oxygen atoms in total. The van der Waals surface area contributed by atoms with Crippen LogP contribution in [0.25, 0.3) is 11.1 Å². The highest BCUT2D eigenvalue weighted by atomic mass is 16.5. The van der Waals surface area contributed by atoms with Crippen LogP contribution >= 0.6 is 0 Å². The lowest BCUT2D eigenvalue weighted by molar-refractivity contribution is 0.0601. The summed E-state index contributed by atoms with van der Waals surface area (Å²) in [4.78, 5) is 16.0. The van der Waals surface area contributed by atoms with Crippen LogP contribution in [0.3, 0.4) is 0 Å². The average molecular weight is 323 g/mol. The summed E-state index contributed by atoms with van der Waals surface area (Å²) in [6.45, 7) is 4.13. The maximum Gasteiger partial charge on any atom is 0.337 e. The average Bonchev–Trinajstić information content (AvgIpc) is 2.61. The monoisotopic (exact) mass is 323 g/mol. The molecule has 0 saturated carbocycles. The molecule has 0 saturated heterocycles. The lowest BCUT2D eigenvalue weighted by Gasteiger charge is -2.16. The normalized spacial score (nSPS) is 10.2. The first-order valence-electron chi connectivity index (χ1n) is 7.97. The lowest BCUT2D eigenvalue weighted by atomic mass is 9.91. The van der Waals surface area contributed by atoms with Crippen molar-refractivity contribution in [2.45, 2.75) is 33.1 Å². The van der Waals surface area contributed by atoms with Gasteiger partial charge in [-0.2, -0.15) is 5.26 Å². The van der Waals surface area contributed by atoms with Crippen molar-refractivity contribution in [3.63, 3.8) is 0 Å². The minimum atomic E-state index is -0.390. The SMILES string of the molecule is CCCc1nc(N)c(C#N)c(-c2ccc(C(=O)OC)cc2)c1CC. The number of esters is 1. The number of carbonyl (C=O) groups is 1. The molecule has 0 aliphatic rings. The van der Waals surface area contributed by atoms with Gasteiger partial charge in [-0.1, -0.05) is 32.4 Å². The summed E-state index contributed by atoms with van der Waals surface area (Å²) in [6.07, 6.45) is 2.52. The Morgan fingerprint density at radius 3 is 2.46 bits per heavy atom. The van der Waals surface area contributed by atoms with Gasteiger partial charge in [-0.05, 0) is 36.1 Å². The van der Waals surface area contributed by atoms with E-state index < -0.39 is 5.97 Å². The molecule has 2 rings (SSSR count). The summed E-state index contributed by atoms with van der Waals surface area (Å²) < 4.78 is 4.72. The van der Waals surface area contributed by atoms with Crippen LogP contribution in [0.15, 0.2) is 24.3 Å². The molecule has 2 N–H and O–H groups in total. The first kappa shape index (κ1) is 17.5. The zero-order valence-electron chi connectivity index (χ0n) is 14.2. The number of ether oxygens (including phenoxy) is 1. The quantitative estimate of drug-likeness (QED) is 0.851. The number of aryl methyl sites for hydroxylation is 1. The zero-order valence-corrected chi connectivity index (χ0v) is 14.2. The molecule has 124 valence electrons. The van der Waals surface area contributed by atoms with Gasteiger partial charge in [-0.3, -0.25) is 0 Å². The summed E-state index contributed by atoms with van der Waals surface area (Å²) in [5.74, 6) is -0.135. The number of methoxy groups -OCH3 is 1. The van der Waals surface area contributed by atoms with Gasteiger partial charge in [0.2, 0.25) is 0 Å². The van der Waals surface area contributed by atoms with Crippen molar-refractivity contribution in [3.8, 4) is 17.2 Å². The molecule has 0 amide bonds. The van der Waals surface area contributed by atoms with Crippen molar-refractivity contribution < 1.29 is 9.53 Å². The second-order valence-corrected chi connectivity index (χ2v) is 5.46. The number of hydrogen-bond donors (Lipinski definition) is 1. The van der Waals surface area contributed by atoms with Crippen LogP contribution < -0.4 is 5.73 Å². The van der Waals surface area contributed by atoms with Crippen LogP contribution in [0.4, 0.5) is 5.82 Å². The molecule has 0 radical (unpaired) electrons. The van der Waals surface area contributed by atoms with Crippen molar-refractivity contribution in [2.75, 3.05) is 12.8 Å². The third-order valence-corrected chi connectivity index (χ3v) is 3.96. The Morgan fingerprint density at radius 1 is 1.29 bits per heavy atom. The second kappa shape index (κ2) is 7.60. The molecule has 5 heteroatoms. The fourth-order valence-corrected chi connectivity index (χ4v) is 2.84. The van der Waals surface area contributed by atoms with Gasteiger partial charge in [0.05, 0.1) is 12.7 Å². The molecular weight excluding hydrogens is 302 g/mol. The van der Waals surface area contributed by atoms with E-state index in [0.717, 1.165) is 41.6 Å². The molecule has 1 heterocycles. The molecule has 0 aliphatic heterocycles. The predicted octanol–water partition coefficient (Wildman–Crippen LogP) is 3.50. The summed E-state index contributed by atoms with van der Waals surface area (Å²) >= 11 is 0. The number of carbonyl (C=O) groups excluding carboxylic acids is 1. The molecule has 0 unspecified atom stereocenters. The number of rotatable bonds is 5. The molecule has 1 aromatic carbocycles. The van der Waals surface area contributed by atoms with Gasteiger partial charge in [0, 0.05) is 11.3 Å². The van der Waals surface area contributed by atoms with Crippen molar-refractivity contribution in [2.24, 2.45) is 0 Å². The van der Waals surface area contributed by atoms with E-state index in [2.05, 4.69) is 18.0 Å². The largest absolute Gasteiger partial charge is 0.465 e. The highest BCUT2D eigenvalue weighted by Gasteiger charge is 2.19. The topological polar surface area (TPSA) is 89.0 Å². The molecule has 0 aliphatic carbocycles. The summed E-state index contributed by atoms with van der Waals surface area (Å²) in [5, 5.41) is 9.54. The highest BCUT2D eigenvalue weighted by molar-refractivity contribution is 5.90. The van der Waals surface area contributed by atoms with Crippen LogP contribution in [-0.2, 0) is 17.6 Å². The zero-order chi connectivity index (χ0) is 17.7. The Balaban J connectivity index is 2.67. The molecule has 0 bridgehead atoms. The van der Waals surface area contributed by atoms with E-state index in [9.17, 15) is 10.1 Å². The molecule has 2 aromatic rings. The Morgan fingerprint density at radius 2 is 1.96 bits per heavy atom. The number of nitrogens with zero attached hydrogens (tertiary/aromatic N) is 2. The van der Waals surface area contributed by atoms with Gasteiger partial charge in [-0.25, -0.2) is 9.78 Å². The van der Waals surface area contributed by atoms with E-state index in [1.807, 2.05) is 19.1 Å². The molecule has 0 atom stereocenters. The Labute approximate surface area is 142 Å². The van der Waals surface area contributed by atoms with Crippen LogP contribution in [0, 0.1) is 11.3 Å². The first-order valence-corrected chi connectivity index (χ1v) is 7.97. The summed E-state index contributed by atoms with van der Waals surface area (Å²) in [6, 6.07) is 9.19. The standard InChI is InChI=1S/C19H21N3O2/c1-4-6-16-14(5-2)17(15(11-20)18(21)22-16)12-7-9-13(10-8-12)19(23)24-3/h7-10H,4-6H2,1-3H3,(H2,21,22). The Kier molecular flexibility index (Phi) is 5.54. The first-order chi connectivity index (χ1) is 11.6. The van der Waals surface area contributed by atoms with Crippen molar-refractivity contribution >= 4 is 11.8 Å². The van der Waals surface area contributed by atoms with Crippen LogP contribution in [-0.4, -0.2) is 18.1 Å². The minimum Gasteiger partial charge on any atom is -0.465 e. The second-order valence-electron chi connectivity index (χ2n) is 5.46. The van der Waals surface area contributed by atoms with E-state index in [0.29, 0.717) is 11.1 Å². The Bertz CT molecular complexity index is 790. The number of pyridine rings is 1. The van der Waals surface area contributed by atoms with Crippen LogP contribution in [0.1, 0.15) is 47.4 Å². The van der Waals surface area contributed by atoms with Crippen molar-refractivity contribution in [3.05, 3.63) is 46.6 Å². The van der Waals surface area contributed by atoms with Crippen LogP contribution in [0.2, 0.25) is 0 Å². The van der Waals surface area contributed by atoms with Gasteiger partial charge >= 0.3 is 5.97 Å². The van der Waals surface area contributed by atoms with Crippen molar-refractivity contribution in [1.29, 1.82) is 5.26 Å². The molecule has 1 aromatic heterocycles. The minimum absolute atomic E-state index is 0.255. The molecule has 24 heavy (non-hydrogen) atoms. The third-order valence-electron chi connectivity index (χ3n) is 3.96. The maximum atomic E-state index is 11.6. The van der Waals surface area contributed by atoms with Crippen molar-refractivity contribution in [1.82, 2.24) is 4.98 Å². The van der Waals surface area contributed by atoms with Gasteiger partial charge in [0.25, 0.3) is 0 Å². The van der Waals surface area contributed by atoms with E-state index in [1.165, 1.54) is 7.11 Å². The smallest absolute Gasteiger partial charge is 0.337 e. The number of nitriles is 1. The van der Waals surface area contributed by atoms with Gasteiger partial charge in [0.1, 0.15) is 17.5 Å². The van der Waals surface area contributed by atoms with E-state index in [1.54, 1.807) is 12.1 Å². The third kappa shape index (κ3) is 3.23. The molecule has 0 fully saturated rings. The molecule has 0 spiro atoms. The maximum absolute atomic E-state index is 11.6. The molecular formula is C19H21N3O2. The van der Waals surface area contributed by atoms with Gasteiger partial charge in [0.15, 0.2) is 0 Å². The number of anilines is 1. The number of aromatic nitrogens is 1. The van der Waals surface area contributed by atoms with E-state index in [-0.39, 0.29) is 5.82 Å². The van der Waals surface area contributed by atoms with E-state index in [4.69, 9.17) is 10.5 Å². The Hall–Kier alpha value is -2.87. The van der Waals surface area contributed by atoms with Crippen LogP contribution in [0.5, 0.6) is 0 Å². The van der Waals surface area contributed by atoms with Gasteiger partial charge in [-0.15, -0.1) is 0 Å². The van der Waals surface area contributed by atoms with Gasteiger partial charge < -0.3 is 10.5 Å². The summed E-state index contributed by atoms with van der Waals surface area (Å²) in [5.41, 5.74) is 10.5. The number of nitrogen functional groups attached to an aromatic ring is 1. The number of hydrogen-bond acceptors (Lipinski definition) is 5. The van der Waals surface area contributed by atoms with E-state index >= 15 is 0 Å². The fraction of sp³-hybridized carbons (Fsp3) is 0.316.